The smallest absolute Gasteiger partial charge is 0.260 e. The number of H-pyrrole nitrogens is 1. The van der Waals surface area contributed by atoms with Crippen LogP contribution in [0.5, 0.6) is 0 Å². The van der Waals surface area contributed by atoms with Crippen LogP contribution in [0, 0.1) is 0 Å². The van der Waals surface area contributed by atoms with Gasteiger partial charge in [0.2, 0.25) is 0 Å². The third kappa shape index (κ3) is 2.94. The molecule has 6 nitrogen and oxygen atoms in total. The number of hydrogen-bond donors (Lipinski definition) is 1. The molecule has 19 heavy (non-hydrogen) atoms. The Labute approximate surface area is 118 Å². The summed E-state index contributed by atoms with van der Waals surface area (Å²) < 4.78 is 26.5. The Morgan fingerprint density at radius 1 is 1.47 bits per heavy atom. The molecule has 0 atom stereocenters. The van der Waals surface area contributed by atoms with Crippen LogP contribution in [0.4, 0.5) is 0 Å². The average molecular weight is 307 g/mol. The molecule has 0 aromatic carbocycles. The van der Waals surface area contributed by atoms with E-state index >= 15 is 0 Å². The summed E-state index contributed by atoms with van der Waals surface area (Å²) in [4.78, 5) is 2.14. The van der Waals surface area contributed by atoms with Crippen molar-refractivity contribution in [2.24, 2.45) is 0 Å². The summed E-state index contributed by atoms with van der Waals surface area (Å²) in [5.41, 5.74) is 0.524. The maximum absolute atomic E-state index is 12.5. The monoisotopic (exact) mass is 306 g/mol. The molecule has 1 aromatic rings. The third-order valence-corrected chi connectivity index (χ3v) is 5.78. The maximum atomic E-state index is 12.5. The predicted molar refractivity (Wildman–Crippen MR) is 73.6 cm³/mol. The molecule has 0 aliphatic carbocycles. The number of nitrogens with one attached hydrogen (secondary N) is 1. The molecule has 0 radical (unpaired) electrons. The van der Waals surface area contributed by atoms with Crippen molar-refractivity contribution < 1.29 is 8.42 Å². The van der Waals surface area contributed by atoms with E-state index in [4.69, 9.17) is 11.6 Å². The van der Waals surface area contributed by atoms with Gasteiger partial charge >= 0.3 is 0 Å². The number of nitrogens with zero attached hydrogens (tertiary/aromatic N) is 3. The van der Waals surface area contributed by atoms with Crippen molar-refractivity contribution in [1.29, 1.82) is 0 Å². The standard InChI is InChI=1S/C11H19ClN4O2S/c1-15(2)10-3-5-16(6-4-10)19(17,18)11-9(7-12)8-13-14-11/h8,10H,3-7H2,1-2H3,(H,13,14). The van der Waals surface area contributed by atoms with Crippen molar-refractivity contribution in [1.82, 2.24) is 19.4 Å². The van der Waals surface area contributed by atoms with Gasteiger partial charge in [0.05, 0.1) is 12.1 Å². The van der Waals surface area contributed by atoms with Gasteiger partial charge in [-0.25, -0.2) is 8.42 Å². The molecule has 1 aliphatic heterocycles. The summed E-state index contributed by atoms with van der Waals surface area (Å²) in [5.74, 6) is 0.138. The van der Waals surface area contributed by atoms with Gasteiger partial charge in [0.25, 0.3) is 10.0 Å². The molecule has 8 heteroatoms. The molecule has 0 amide bonds. The number of hydrogen-bond acceptors (Lipinski definition) is 4. The van der Waals surface area contributed by atoms with E-state index in [1.54, 1.807) is 0 Å². The van der Waals surface area contributed by atoms with Gasteiger partial charge in [-0.15, -0.1) is 11.6 Å². The van der Waals surface area contributed by atoms with Crippen LogP contribution in [-0.4, -0.2) is 61.0 Å². The summed E-state index contributed by atoms with van der Waals surface area (Å²) >= 11 is 5.73. The molecule has 0 saturated carbocycles. The van der Waals surface area contributed by atoms with Crippen LogP contribution < -0.4 is 0 Å². The van der Waals surface area contributed by atoms with E-state index in [0.717, 1.165) is 12.8 Å². The van der Waals surface area contributed by atoms with Gasteiger partial charge in [0, 0.05) is 24.7 Å². The Morgan fingerprint density at radius 2 is 2.11 bits per heavy atom. The van der Waals surface area contributed by atoms with E-state index in [1.165, 1.54) is 10.5 Å². The number of aromatic nitrogens is 2. The van der Waals surface area contributed by atoms with E-state index < -0.39 is 10.0 Å². The van der Waals surface area contributed by atoms with Gasteiger partial charge < -0.3 is 4.90 Å². The normalized spacial score (nSPS) is 19.2. The van der Waals surface area contributed by atoms with E-state index in [-0.39, 0.29) is 10.9 Å². The minimum absolute atomic E-state index is 0.130. The topological polar surface area (TPSA) is 69.3 Å². The Balaban J connectivity index is 2.14. The fraction of sp³-hybridized carbons (Fsp3) is 0.727. The van der Waals surface area contributed by atoms with Gasteiger partial charge in [-0.2, -0.15) is 9.40 Å². The number of sulfonamides is 1. The Hall–Kier alpha value is -0.630. The Kier molecular flexibility index (Phi) is 4.50. The molecular weight excluding hydrogens is 288 g/mol. The highest BCUT2D eigenvalue weighted by atomic mass is 35.5. The summed E-state index contributed by atoms with van der Waals surface area (Å²) in [7, 11) is 0.548. The molecule has 1 N–H and O–H groups in total. The van der Waals surface area contributed by atoms with Crippen molar-refractivity contribution >= 4 is 21.6 Å². The second-order valence-electron chi connectivity index (χ2n) is 4.96. The van der Waals surface area contributed by atoms with E-state index in [1.807, 2.05) is 14.1 Å². The molecule has 1 saturated heterocycles. The lowest BCUT2D eigenvalue weighted by molar-refractivity contribution is 0.196. The van der Waals surface area contributed by atoms with Crippen LogP contribution in [0.1, 0.15) is 18.4 Å². The number of rotatable bonds is 4. The second kappa shape index (κ2) is 5.78. The van der Waals surface area contributed by atoms with Crippen molar-refractivity contribution in [3.63, 3.8) is 0 Å². The molecule has 0 spiro atoms. The number of halogens is 1. The quantitative estimate of drug-likeness (QED) is 0.838. The molecular formula is C11H19ClN4O2S. The predicted octanol–water partition coefficient (Wildman–Crippen LogP) is 0.863. The van der Waals surface area contributed by atoms with Crippen LogP contribution in [0.25, 0.3) is 0 Å². The highest BCUT2D eigenvalue weighted by Crippen LogP contribution is 2.23. The highest BCUT2D eigenvalue weighted by molar-refractivity contribution is 7.89. The first-order valence-electron chi connectivity index (χ1n) is 6.21. The van der Waals surface area contributed by atoms with Gasteiger partial charge in [0.15, 0.2) is 5.03 Å². The Morgan fingerprint density at radius 3 is 2.63 bits per heavy atom. The van der Waals surface area contributed by atoms with Crippen molar-refractivity contribution in [3.8, 4) is 0 Å². The van der Waals surface area contributed by atoms with E-state index in [2.05, 4.69) is 15.1 Å². The van der Waals surface area contributed by atoms with Crippen LogP contribution >= 0.6 is 11.6 Å². The lowest BCUT2D eigenvalue weighted by Gasteiger charge is -2.34. The lowest BCUT2D eigenvalue weighted by Crippen LogP contribution is -2.44. The zero-order chi connectivity index (χ0) is 14.0. The largest absolute Gasteiger partial charge is 0.306 e. The molecule has 1 aromatic heterocycles. The van der Waals surface area contributed by atoms with Gasteiger partial charge in [-0.1, -0.05) is 0 Å². The number of alkyl halides is 1. The molecule has 2 rings (SSSR count). The zero-order valence-corrected chi connectivity index (χ0v) is 12.7. The van der Waals surface area contributed by atoms with Crippen molar-refractivity contribution in [2.45, 2.75) is 29.8 Å². The summed E-state index contributed by atoms with van der Waals surface area (Å²) in [5, 5.41) is 6.46. The molecule has 1 aliphatic rings. The lowest BCUT2D eigenvalue weighted by atomic mass is 10.1. The van der Waals surface area contributed by atoms with Crippen LogP contribution in [0.3, 0.4) is 0 Å². The fourth-order valence-corrected chi connectivity index (χ4v) is 4.20. The van der Waals surface area contributed by atoms with Crippen LogP contribution in [0.2, 0.25) is 0 Å². The van der Waals surface area contributed by atoms with Crippen LogP contribution in [0.15, 0.2) is 11.2 Å². The fourth-order valence-electron chi connectivity index (χ4n) is 2.35. The van der Waals surface area contributed by atoms with Gasteiger partial charge in [0.1, 0.15) is 0 Å². The minimum atomic E-state index is -3.50. The van der Waals surface area contributed by atoms with Gasteiger partial charge in [-0.05, 0) is 26.9 Å². The molecule has 0 unspecified atom stereocenters. The molecule has 1 fully saturated rings. The maximum Gasteiger partial charge on any atom is 0.260 e. The summed E-state index contributed by atoms with van der Waals surface area (Å²) in [6.07, 6.45) is 3.15. The van der Waals surface area contributed by atoms with Gasteiger partial charge in [-0.3, -0.25) is 5.10 Å². The van der Waals surface area contributed by atoms with Crippen molar-refractivity contribution in [2.75, 3.05) is 27.2 Å². The second-order valence-corrected chi connectivity index (χ2v) is 7.10. The van der Waals surface area contributed by atoms with Crippen LogP contribution in [-0.2, 0) is 15.9 Å². The first-order chi connectivity index (χ1) is 8.96. The molecule has 108 valence electrons. The first kappa shape index (κ1) is 14.8. The number of aromatic amines is 1. The Bertz CT molecular complexity index is 521. The zero-order valence-electron chi connectivity index (χ0n) is 11.1. The van der Waals surface area contributed by atoms with Crippen molar-refractivity contribution in [3.05, 3.63) is 11.8 Å². The highest BCUT2D eigenvalue weighted by Gasteiger charge is 2.32. The van der Waals surface area contributed by atoms with E-state index in [9.17, 15) is 8.42 Å². The molecule has 0 bridgehead atoms. The summed E-state index contributed by atoms with van der Waals surface area (Å²) in [6.45, 7) is 1.07. The SMILES string of the molecule is CN(C)C1CCN(S(=O)(=O)c2[nH]ncc2CCl)CC1. The summed E-state index contributed by atoms with van der Waals surface area (Å²) in [6, 6.07) is 0.445. The number of piperidine rings is 1. The average Bonchev–Trinajstić information content (AvgIpc) is 2.87. The third-order valence-electron chi connectivity index (χ3n) is 3.57. The van der Waals surface area contributed by atoms with E-state index in [0.29, 0.717) is 24.7 Å². The molecule has 2 heterocycles. The minimum Gasteiger partial charge on any atom is -0.306 e. The first-order valence-corrected chi connectivity index (χ1v) is 8.19.